The van der Waals surface area contributed by atoms with Crippen LogP contribution < -0.4 is 5.73 Å². The second-order valence-corrected chi connectivity index (χ2v) is 5.88. The van der Waals surface area contributed by atoms with Crippen LogP contribution in [-0.2, 0) is 0 Å². The Hall–Kier alpha value is -1.81. The van der Waals surface area contributed by atoms with Gasteiger partial charge in [-0.1, -0.05) is 24.5 Å². The third kappa shape index (κ3) is 2.81. The van der Waals surface area contributed by atoms with Gasteiger partial charge in [-0.3, -0.25) is 4.79 Å². The van der Waals surface area contributed by atoms with Gasteiger partial charge in [0.05, 0.1) is 0 Å². The van der Waals surface area contributed by atoms with Crippen LogP contribution in [0.1, 0.15) is 41.8 Å². The van der Waals surface area contributed by atoms with E-state index in [0.717, 1.165) is 29.4 Å². The van der Waals surface area contributed by atoms with Crippen LogP contribution in [0.3, 0.4) is 0 Å². The lowest BCUT2D eigenvalue weighted by Gasteiger charge is -2.27. The number of hydrogen-bond acceptors (Lipinski definition) is 3. The molecule has 1 fully saturated rings. The smallest absolute Gasteiger partial charge is 0.289 e. The van der Waals surface area contributed by atoms with Crippen LogP contribution in [0.4, 0.5) is 0 Å². The van der Waals surface area contributed by atoms with E-state index in [-0.39, 0.29) is 5.91 Å². The molecule has 112 valence electrons. The highest BCUT2D eigenvalue weighted by molar-refractivity contribution is 5.96. The van der Waals surface area contributed by atoms with Crippen LogP contribution >= 0.6 is 0 Å². The third-order valence-corrected chi connectivity index (χ3v) is 4.28. The van der Waals surface area contributed by atoms with Crippen molar-refractivity contribution in [3.63, 3.8) is 0 Å². The fourth-order valence-corrected chi connectivity index (χ4v) is 3.21. The summed E-state index contributed by atoms with van der Waals surface area (Å²) in [6, 6.07) is 8.12. The molecule has 1 saturated carbocycles. The quantitative estimate of drug-likeness (QED) is 0.939. The number of furan rings is 1. The summed E-state index contributed by atoms with van der Waals surface area (Å²) < 4.78 is 5.74. The molecule has 1 heterocycles. The Kier molecular flexibility index (Phi) is 3.97. The van der Waals surface area contributed by atoms with Crippen LogP contribution in [-0.4, -0.2) is 29.9 Å². The molecule has 2 N–H and O–H groups in total. The molecule has 0 aliphatic heterocycles. The monoisotopic (exact) mass is 286 g/mol. The molecule has 0 saturated heterocycles. The largest absolute Gasteiger partial charge is 0.451 e. The van der Waals surface area contributed by atoms with Gasteiger partial charge in [-0.2, -0.15) is 0 Å². The Labute approximate surface area is 124 Å². The maximum atomic E-state index is 12.8. The Bertz CT molecular complexity index is 641. The van der Waals surface area contributed by atoms with Gasteiger partial charge in [0.1, 0.15) is 5.58 Å². The van der Waals surface area contributed by atoms with Gasteiger partial charge in [-0.15, -0.1) is 0 Å². The second-order valence-electron chi connectivity index (χ2n) is 5.88. The first kappa shape index (κ1) is 14.1. The SMILES string of the molecule is Cc1ccc2oc(C(=O)N(CCN)C3CCCC3)cc2c1. The van der Waals surface area contributed by atoms with E-state index >= 15 is 0 Å². The van der Waals surface area contributed by atoms with Crippen molar-refractivity contribution in [3.8, 4) is 0 Å². The van der Waals surface area contributed by atoms with E-state index in [1.807, 2.05) is 36.1 Å². The van der Waals surface area contributed by atoms with Crippen molar-refractivity contribution >= 4 is 16.9 Å². The normalized spacial score (nSPS) is 15.7. The number of rotatable bonds is 4. The van der Waals surface area contributed by atoms with E-state index in [0.29, 0.717) is 24.9 Å². The Morgan fingerprint density at radius 3 is 2.81 bits per heavy atom. The fraction of sp³-hybridized carbons (Fsp3) is 0.471. The van der Waals surface area contributed by atoms with E-state index in [1.165, 1.54) is 12.8 Å². The molecule has 1 aliphatic carbocycles. The Morgan fingerprint density at radius 1 is 1.33 bits per heavy atom. The highest BCUT2D eigenvalue weighted by Crippen LogP contribution is 2.27. The van der Waals surface area contributed by atoms with Gasteiger partial charge in [0, 0.05) is 24.5 Å². The van der Waals surface area contributed by atoms with Crippen LogP contribution in [0.15, 0.2) is 28.7 Å². The number of amides is 1. The average molecular weight is 286 g/mol. The molecule has 2 aromatic rings. The molecule has 0 radical (unpaired) electrons. The number of nitrogens with two attached hydrogens (primary N) is 1. The van der Waals surface area contributed by atoms with E-state index in [1.54, 1.807) is 0 Å². The molecule has 1 aromatic heterocycles. The van der Waals surface area contributed by atoms with Crippen LogP contribution in [0.2, 0.25) is 0 Å². The Morgan fingerprint density at radius 2 is 2.10 bits per heavy atom. The predicted octanol–water partition coefficient (Wildman–Crippen LogP) is 3.08. The van der Waals surface area contributed by atoms with Crippen molar-refractivity contribution in [2.24, 2.45) is 5.73 Å². The summed E-state index contributed by atoms with van der Waals surface area (Å²) in [7, 11) is 0. The number of nitrogens with zero attached hydrogens (tertiary/aromatic N) is 1. The maximum absolute atomic E-state index is 12.8. The number of aryl methyl sites for hydroxylation is 1. The lowest BCUT2D eigenvalue weighted by Crippen LogP contribution is -2.41. The first-order valence-corrected chi connectivity index (χ1v) is 7.70. The van der Waals surface area contributed by atoms with Crippen molar-refractivity contribution < 1.29 is 9.21 Å². The minimum absolute atomic E-state index is 0.0267. The molecule has 4 nitrogen and oxygen atoms in total. The fourth-order valence-electron chi connectivity index (χ4n) is 3.21. The molecule has 0 atom stereocenters. The molecule has 0 bridgehead atoms. The van der Waals surface area contributed by atoms with E-state index in [4.69, 9.17) is 10.2 Å². The summed E-state index contributed by atoms with van der Waals surface area (Å²) >= 11 is 0. The van der Waals surface area contributed by atoms with Crippen LogP contribution in [0.25, 0.3) is 11.0 Å². The summed E-state index contributed by atoms with van der Waals surface area (Å²) in [6.07, 6.45) is 4.53. The first-order valence-electron chi connectivity index (χ1n) is 7.70. The zero-order valence-corrected chi connectivity index (χ0v) is 12.5. The molecule has 0 unspecified atom stereocenters. The standard InChI is InChI=1S/C17H22N2O2/c1-12-6-7-15-13(10-12)11-16(21-15)17(20)19(9-8-18)14-4-2-3-5-14/h6-7,10-11,14H,2-5,8-9,18H2,1H3. The zero-order valence-electron chi connectivity index (χ0n) is 12.5. The second kappa shape index (κ2) is 5.90. The minimum atomic E-state index is -0.0267. The van der Waals surface area contributed by atoms with Crippen LogP contribution in [0.5, 0.6) is 0 Å². The lowest BCUT2D eigenvalue weighted by atomic mass is 10.1. The molecule has 21 heavy (non-hydrogen) atoms. The van der Waals surface area contributed by atoms with Gasteiger partial charge in [0.25, 0.3) is 5.91 Å². The van der Waals surface area contributed by atoms with Gasteiger partial charge in [0.15, 0.2) is 5.76 Å². The zero-order chi connectivity index (χ0) is 14.8. The summed E-state index contributed by atoms with van der Waals surface area (Å²) in [5.74, 6) is 0.400. The molecule has 1 aliphatic rings. The Balaban J connectivity index is 1.89. The van der Waals surface area contributed by atoms with E-state index in [9.17, 15) is 4.79 Å². The minimum Gasteiger partial charge on any atom is -0.451 e. The van der Waals surface area contributed by atoms with Gasteiger partial charge >= 0.3 is 0 Å². The van der Waals surface area contributed by atoms with Crippen molar-refractivity contribution in [1.82, 2.24) is 4.90 Å². The van der Waals surface area contributed by atoms with Crippen molar-refractivity contribution in [2.45, 2.75) is 38.6 Å². The molecule has 3 rings (SSSR count). The predicted molar refractivity (Wildman–Crippen MR) is 83.3 cm³/mol. The third-order valence-electron chi connectivity index (χ3n) is 4.28. The van der Waals surface area contributed by atoms with Gasteiger partial charge < -0.3 is 15.1 Å². The highest BCUT2D eigenvalue weighted by Gasteiger charge is 2.28. The molecule has 4 heteroatoms. The number of carbonyl (C=O) groups excluding carboxylic acids is 1. The maximum Gasteiger partial charge on any atom is 0.289 e. The molecule has 1 amide bonds. The number of hydrogen-bond donors (Lipinski definition) is 1. The number of fused-ring (bicyclic) bond motifs is 1. The molecule has 0 spiro atoms. The van der Waals surface area contributed by atoms with Crippen molar-refractivity contribution in [2.75, 3.05) is 13.1 Å². The number of benzene rings is 1. The van der Waals surface area contributed by atoms with Gasteiger partial charge in [-0.25, -0.2) is 0 Å². The summed E-state index contributed by atoms with van der Waals surface area (Å²) in [6.45, 7) is 3.12. The van der Waals surface area contributed by atoms with Gasteiger partial charge in [-0.05, 0) is 38.0 Å². The van der Waals surface area contributed by atoms with Crippen LogP contribution in [0, 0.1) is 6.92 Å². The summed E-state index contributed by atoms with van der Waals surface area (Å²) in [5, 5.41) is 0.984. The topological polar surface area (TPSA) is 59.5 Å². The molecular weight excluding hydrogens is 264 g/mol. The summed E-state index contributed by atoms with van der Waals surface area (Å²) in [5.41, 5.74) is 7.61. The number of carbonyl (C=O) groups is 1. The molecular formula is C17H22N2O2. The van der Waals surface area contributed by atoms with E-state index in [2.05, 4.69) is 0 Å². The highest BCUT2D eigenvalue weighted by atomic mass is 16.3. The van der Waals surface area contributed by atoms with E-state index < -0.39 is 0 Å². The average Bonchev–Trinajstić information content (AvgIpc) is 3.12. The lowest BCUT2D eigenvalue weighted by molar-refractivity contribution is 0.0658. The van der Waals surface area contributed by atoms with Gasteiger partial charge in [0.2, 0.25) is 0 Å². The summed E-state index contributed by atoms with van der Waals surface area (Å²) in [4.78, 5) is 14.7. The van der Waals surface area contributed by atoms with Crippen molar-refractivity contribution in [3.05, 3.63) is 35.6 Å². The molecule has 1 aromatic carbocycles. The first-order chi connectivity index (χ1) is 10.2. The van der Waals surface area contributed by atoms with Crippen molar-refractivity contribution in [1.29, 1.82) is 0 Å².